The van der Waals surface area contributed by atoms with E-state index < -0.39 is 15.9 Å². The number of methoxy groups -OCH3 is 1. The van der Waals surface area contributed by atoms with Gasteiger partial charge in [-0.2, -0.15) is 10.4 Å². The molecule has 32 heavy (non-hydrogen) atoms. The molecule has 0 aliphatic rings. The Bertz CT molecular complexity index is 1350. The molecule has 2 aromatic carbocycles. The molecule has 3 rings (SSSR count). The molecule has 0 saturated heterocycles. The van der Waals surface area contributed by atoms with Gasteiger partial charge in [-0.15, -0.1) is 0 Å². The smallest absolute Gasteiger partial charge is 0.271 e. The molecule has 1 aromatic heterocycles. The lowest BCUT2D eigenvalue weighted by Crippen LogP contribution is -2.18. The molecule has 0 unspecified atom stereocenters. The fourth-order valence-electron chi connectivity index (χ4n) is 3.25. The number of ether oxygens (including phenoxy) is 1. The monoisotopic (exact) mass is 450 g/mol. The Balaban J connectivity index is 1.83. The van der Waals surface area contributed by atoms with Gasteiger partial charge in [0.05, 0.1) is 23.8 Å². The van der Waals surface area contributed by atoms with Crippen LogP contribution >= 0.6 is 0 Å². The van der Waals surface area contributed by atoms with Gasteiger partial charge in [-0.25, -0.2) is 17.8 Å². The van der Waals surface area contributed by atoms with E-state index in [2.05, 4.69) is 10.5 Å². The largest absolute Gasteiger partial charge is 0.495 e. The Labute approximate surface area is 186 Å². The van der Waals surface area contributed by atoms with Crippen molar-refractivity contribution in [3.8, 4) is 11.8 Å². The normalized spacial score (nSPS) is 11.3. The van der Waals surface area contributed by atoms with Crippen LogP contribution in [0.15, 0.2) is 58.5 Å². The average molecular weight is 451 g/mol. The first kappa shape index (κ1) is 22.8. The van der Waals surface area contributed by atoms with E-state index in [4.69, 9.17) is 10.00 Å². The van der Waals surface area contributed by atoms with Crippen LogP contribution in [0.1, 0.15) is 38.4 Å². The Kier molecular flexibility index (Phi) is 6.46. The second-order valence-electron chi connectivity index (χ2n) is 7.13. The van der Waals surface area contributed by atoms with Gasteiger partial charge < -0.3 is 4.74 Å². The first-order chi connectivity index (χ1) is 15.2. The van der Waals surface area contributed by atoms with Crippen LogP contribution in [0.3, 0.4) is 0 Å². The maximum atomic E-state index is 13.1. The van der Waals surface area contributed by atoms with Gasteiger partial charge in [-0.1, -0.05) is 17.7 Å². The van der Waals surface area contributed by atoms with Crippen LogP contribution in [-0.2, 0) is 10.0 Å². The Morgan fingerprint density at radius 2 is 1.81 bits per heavy atom. The summed E-state index contributed by atoms with van der Waals surface area (Å²) >= 11 is 0. The van der Waals surface area contributed by atoms with Gasteiger partial charge in [-0.05, 0) is 57.2 Å². The summed E-state index contributed by atoms with van der Waals surface area (Å²) in [6, 6.07) is 14.7. The van der Waals surface area contributed by atoms with E-state index in [0.717, 1.165) is 5.56 Å². The van der Waals surface area contributed by atoms with Gasteiger partial charge >= 0.3 is 0 Å². The molecule has 8 nitrogen and oxygen atoms in total. The average Bonchev–Trinajstić information content (AvgIpc) is 3.06. The summed E-state index contributed by atoms with van der Waals surface area (Å²) in [5.41, 5.74) is 5.36. The number of amides is 1. The van der Waals surface area contributed by atoms with Crippen LogP contribution < -0.4 is 10.2 Å². The molecule has 0 aliphatic carbocycles. The Morgan fingerprint density at radius 1 is 1.12 bits per heavy atom. The van der Waals surface area contributed by atoms with Crippen LogP contribution in [0, 0.1) is 32.1 Å². The predicted octanol–water partition coefficient (Wildman–Crippen LogP) is 3.29. The number of nitriles is 1. The summed E-state index contributed by atoms with van der Waals surface area (Å²) < 4.78 is 32.5. The number of aryl methyl sites for hydroxylation is 2. The molecule has 0 spiro atoms. The van der Waals surface area contributed by atoms with E-state index in [0.29, 0.717) is 22.7 Å². The SMILES string of the molecule is COc1ccc(C(=O)NN=Cc2cc(C)n(S(=O)(=O)c3ccc(C)cc3)c2C)cc1C#N. The molecule has 0 atom stereocenters. The van der Waals surface area contributed by atoms with Crippen molar-refractivity contribution in [3.05, 3.63) is 82.2 Å². The highest BCUT2D eigenvalue weighted by Gasteiger charge is 2.22. The number of hydrazone groups is 1. The molecular weight excluding hydrogens is 428 g/mol. The maximum absolute atomic E-state index is 13.1. The fourth-order valence-corrected chi connectivity index (χ4v) is 4.84. The minimum atomic E-state index is -3.77. The molecule has 1 heterocycles. The lowest BCUT2D eigenvalue weighted by atomic mass is 10.1. The van der Waals surface area contributed by atoms with E-state index in [1.807, 2.05) is 13.0 Å². The zero-order valence-electron chi connectivity index (χ0n) is 18.1. The topological polar surface area (TPSA) is 114 Å². The van der Waals surface area contributed by atoms with Gasteiger partial charge in [0.2, 0.25) is 0 Å². The lowest BCUT2D eigenvalue weighted by Gasteiger charge is -2.11. The van der Waals surface area contributed by atoms with Crippen molar-refractivity contribution < 1.29 is 17.9 Å². The summed E-state index contributed by atoms with van der Waals surface area (Å²) in [7, 11) is -2.33. The van der Waals surface area contributed by atoms with Crippen molar-refractivity contribution in [2.24, 2.45) is 5.10 Å². The number of nitrogens with one attached hydrogen (secondary N) is 1. The number of carbonyl (C=O) groups is 1. The van der Waals surface area contributed by atoms with Gasteiger partial charge in [0.15, 0.2) is 0 Å². The Hall–Kier alpha value is -3.90. The van der Waals surface area contributed by atoms with Crippen LogP contribution in [-0.4, -0.2) is 31.6 Å². The van der Waals surface area contributed by atoms with Crippen LogP contribution in [0.2, 0.25) is 0 Å². The van der Waals surface area contributed by atoms with Gasteiger partial charge in [0.1, 0.15) is 11.8 Å². The molecule has 0 fully saturated rings. The van der Waals surface area contributed by atoms with E-state index in [-0.39, 0.29) is 16.0 Å². The van der Waals surface area contributed by atoms with E-state index in [1.165, 1.54) is 35.5 Å². The van der Waals surface area contributed by atoms with Gasteiger partial charge in [0, 0.05) is 22.5 Å². The number of rotatable bonds is 6. The van der Waals surface area contributed by atoms with E-state index in [9.17, 15) is 13.2 Å². The molecule has 1 N–H and O–H groups in total. The fraction of sp³-hybridized carbons (Fsp3) is 0.174. The highest BCUT2D eigenvalue weighted by atomic mass is 32.2. The van der Waals surface area contributed by atoms with E-state index in [1.54, 1.807) is 44.2 Å². The number of nitrogens with zero attached hydrogens (tertiary/aromatic N) is 3. The zero-order chi connectivity index (χ0) is 23.5. The first-order valence-corrected chi connectivity index (χ1v) is 11.1. The Morgan fingerprint density at radius 3 is 2.44 bits per heavy atom. The summed E-state index contributed by atoms with van der Waals surface area (Å²) in [4.78, 5) is 12.5. The second-order valence-corrected chi connectivity index (χ2v) is 8.92. The number of benzene rings is 2. The number of hydrogen-bond acceptors (Lipinski definition) is 6. The number of hydrogen-bond donors (Lipinski definition) is 1. The van der Waals surface area contributed by atoms with Crippen LogP contribution in [0.25, 0.3) is 0 Å². The quantitative estimate of drug-likeness (QED) is 0.457. The molecule has 3 aromatic rings. The van der Waals surface area contributed by atoms with Crippen molar-refractivity contribution in [1.29, 1.82) is 5.26 Å². The lowest BCUT2D eigenvalue weighted by molar-refractivity contribution is 0.0955. The minimum Gasteiger partial charge on any atom is -0.495 e. The third-order valence-electron chi connectivity index (χ3n) is 4.92. The molecule has 1 amide bonds. The second kappa shape index (κ2) is 9.08. The summed E-state index contributed by atoms with van der Waals surface area (Å²) in [6.45, 7) is 5.25. The van der Waals surface area contributed by atoms with Crippen molar-refractivity contribution in [2.75, 3.05) is 7.11 Å². The molecule has 0 aliphatic heterocycles. The molecule has 0 radical (unpaired) electrons. The third-order valence-corrected chi connectivity index (χ3v) is 6.83. The van der Waals surface area contributed by atoms with E-state index >= 15 is 0 Å². The van der Waals surface area contributed by atoms with Crippen molar-refractivity contribution in [3.63, 3.8) is 0 Å². The highest BCUT2D eigenvalue weighted by molar-refractivity contribution is 7.90. The molecule has 0 saturated carbocycles. The summed E-state index contributed by atoms with van der Waals surface area (Å²) in [5.74, 6) is -0.142. The maximum Gasteiger partial charge on any atom is 0.271 e. The standard InChI is InChI=1S/C23H22N4O4S/c1-15-5-8-21(9-6-15)32(29,30)27-16(2)11-20(17(27)3)14-25-26-23(28)18-7-10-22(31-4)19(12-18)13-24/h5-12,14H,1-4H3,(H,26,28). The van der Waals surface area contributed by atoms with Crippen molar-refractivity contribution in [2.45, 2.75) is 25.7 Å². The molecule has 0 bridgehead atoms. The van der Waals surface area contributed by atoms with Gasteiger partial charge in [-0.3, -0.25) is 4.79 Å². The number of carbonyl (C=O) groups excluding carboxylic acids is 1. The highest BCUT2D eigenvalue weighted by Crippen LogP contribution is 2.22. The summed E-state index contributed by atoms with van der Waals surface area (Å²) in [6.07, 6.45) is 1.39. The number of aromatic nitrogens is 1. The third kappa shape index (κ3) is 4.40. The first-order valence-electron chi connectivity index (χ1n) is 9.61. The van der Waals surface area contributed by atoms with Crippen LogP contribution in [0.4, 0.5) is 0 Å². The molecule has 164 valence electrons. The zero-order valence-corrected chi connectivity index (χ0v) is 18.9. The van der Waals surface area contributed by atoms with Gasteiger partial charge in [0.25, 0.3) is 15.9 Å². The molecular formula is C23H22N4O4S. The summed E-state index contributed by atoms with van der Waals surface area (Å²) in [5, 5.41) is 13.1. The minimum absolute atomic E-state index is 0.189. The molecule has 9 heteroatoms. The van der Waals surface area contributed by atoms with Crippen molar-refractivity contribution >= 4 is 22.1 Å². The van der Waals surface area contributed by atoms with Crippen LogP contribution in [0.5, 0.6) is 5.75 Å². The van der Waals surface area contributed by atoms with Crippen molar-refractivity contribution in [1.82, 2.24) is 9.40 Å². The predicted molar refractivity (Wildman–Crippen MR) is 120 cm³/mol.